The molecule has 1 amide bonds. The van der Waals surface area contributed by atoms with Crippen molar-refractivity contribution in [2.75, 3.05) is 6.26 Å². The van der Waals surface area contributed by atoms with Crippen LogP contribution in [-0.2, 0) is 4.74 Å². The molecule has 0 aliphatic heterocycles. The molecule has 1 aliphatic carbocycles. The van der Waals surface area contributed by atoms with Crippen molar-refractivity contribution in [3.8, 4) is 0 Å². The predicted octanol–water partition coefficient (Wildman–Crippen LogP) is 2.80. The highest BCUT2D eigenvalue weighted by molar-refractivity contribution is 7.99. The highest BCUT2D eigenvalue weighted by atomic mass is 32.2. The minimum Gasteiger partial charge on any atom is -0.444 e. The van der Waals surface area contributed by atoms with Crippen molar-refractivity contribution >= 4 is 17.9 Å². The predicted molar refractivity (Wildman–Crippen MR) is 64.3 cm³/mol. The van der Waals surface area contributed by atoms with Crippen molar-refractivity contribution in [3.05, 3.63) is 0 Å². The number of ether oxygens (including phenoxy) is 1. The summed E-state index contributed by atoms with van der Waals surface area (Å²) in [6.45, 7) is 5.65. The minimum absolute atomic E-state index is 0.284. The molecule has 88 valence electrons. The summed E-state index contributed by atoms with van der Waals surface area (Å²) in [6, 6.07) is 0.287. The molecule has 1 fully saturated rings. The summed E-state index contributed by atoms with van der Waals surface area (Å²) in [5, 5.41) is 3.51. The fourth-order valence-corrected chi connectivity index (χ4v) is 2.77. The first-order valence-electron chi connectivity index (χ1n) is 5.44. The standard InChI is InChI=1S/C11H21NO2S/c1-11(2,3)14-10(13)12-8-6-5-7-9(8)15-4/h8-9H,5-7H2,1-4H3,(H,12,13). The van der Waals surface area contributed by atoms with Crippen LogP contribution in [0.3, 0.4) is 0 Å². The molecule has 1 aliphatic rings. The summed E-state index contributed by atoms with van der Waals surface area (Å²) >= 11 is 1.83. The molecule has 0 aromatic rings. The summed E-state index contributed by atoms with van der Waals surface area (Å²) in [5.41, 5.74) is -0.405. The third-order valence-corrected chi connectivity index (χ3v) is 3.63. The van der Waals surface area contributed by atoms with E-state index in [-0.39, 0.29) is 12.1 Å². The molecular weight excluding hydrogens is 210 g/mol. The van der Waals surface area contributed by atoms with E-state index >= 15 is 0 Å². The van der Waals surface area contributed by atoms with E-state index in [4.69, 9.17) is 4.74 Å². The Balaban J connectivity index is 2.37. The van der Waals surface area contributed by atoms with Crippen molar-refractivity contribution in [2.45, 2.75) is 56.9 Å². The van der Waals surface area contributed by atoms with Crippen molar-refractivity contribution in [1.82, 2.24) is 5.32 Å². The quantitative estimate of drug-likeness (QED) is 0.794. The Labute approximate surface area is 96.3 Å². The lowest BCUT2D eigenvalue weighted by molar-refractivity contribution is 0.0506. The number of alkyl carbamates (subject to hydrolysis) is 1. The van der Waals surface area contributed by atoms with Gasteiger partial charge >= 0.3 is 6.09 Å². The average Bonchev–Trinajstić information content (AvgIpc) is 2.48. The Morgan fingerprint density at radius 1 is 1.40 bits per heavy atom. The zero-order chi connectivity index (χ0) is 11.5. The van der Waals surface area contributed by atoms with Gasteiger partial charge in [-0.2, -0.15) is 11.8 Å². The van der Waals surface area contributed by atoms with Gasteiger partial charge in [-0.1, -0.05) is 6.42 Å². The second-order valence-electron chi connectivity index (χ2n) is 4.96. The van der Waals surface area contributed by atoms with Crippen LogP contribution < -0.4 is 5.32 Å². The molecule has 15 heavy (non-hydrogen) atoms. The van der Waals surface area contributed by atoms with Crippen LogP contribution in [0.25, 0.3) is 0 Å². The van der Waals surface area contributed by atoms with E-state index in [1.54, 1.807) is 0 Å². The Morgan fingerprint density at radius 2 is 2.07 bits per heavy atom. The van der Waals surface area contributed by atoms with Crippen LogP contribution >= 0.6 is 11.8 Å². The first-order valence-corrected chi connectivity index (χ1v) is 6.73. The molecule has 1 saturated carbocycles. The molecule has 0 saturated heterocycles. The monoisotopic (exact) mass is 231 g/mol. The smallest absolute Gasteiger partial charge is 0.407 e. The van der Waals surface area contributed by atoms with Crippen LogP contribution in [0.5, 0.6) is 0 Å². The van der Waals surface area contributed by atoms with Gasteiger partial charge in [0.2, 0.25) is 0 Å². The summed E-state index contributed by atoms with van der Waals surface area (Å²) in [7, 11) is 0. The molecule has 0 radical (unpaired) electrons. The molecule has 0 spiro atoms. The maximum absolute atomic E-state index is 11.5. The Kier molecular flexibility index (Phi) is 4.32. The lowest BCUT2D eigenvalue weighted by Gasteiger charge is -2.23. The van der Waals surface area contributed by atoms with Gasteiger partial charge in [0, 0.05) is 11.3 Å². The Morgan fingerprint density at radius 3 is 2.60 bits per heavy atom. The molecule has 0 heterocycles. The van der Waals surface area contributed by atoms with Gasteiger partial charge in [-0.25, -0.2) is 4.79 Å². The van der Waals surface area contributed by atoms with Gasteiger partial charge in [0.15, 0.2) is 0 Å². The number of hydrogen-bond donors (Lipinski definition) is 1. The van der Waals surface area contributed by atoms with E-state index in [1.807, 2.05) is 32.5 Å². The second-order valence-corrected chi connectivity index (χ2v) is 6.03. The van der Waals surface area contributed by atoms with Gasteiger partial charge < -0.3 is 10.1 Å². The number of carbonyl (C=O) groups is 1. The molecule has 1 rings (SSSR count). The van der Waals surface area contributed by atoms with Gasteiger partial charge in [-0.05, 0) is 39.9 Å². The number of hydrogen-bond acceptors (Lipinski definition) is 3. The fraction of sp³-hybridized carbons (Fsp3) is 0.909. The fourth-order valence-electron chi connectivity index (χ4n) is 1.83. The van der Waals surface area contributed by atoms with Gasteiger partial charge in [-0.15, -0.1) is 0 Å². The van der Waals surface area contributed by atoms with Gasteiger partial charge in [-0.3, -0.25) is 0 Å². The number of thioether (sulfide) groups is 1. The second kappa shape index (κ2) is 5.10. The summed E-state index contributed by atoms with van der Waals surface area (Å²) in [6.07, 6.45) is 5.28. The Hall–Kier alpha value is -0.380. The number of amides is 1. The van der Waals surface area contributed by atoms with Crippen LogP contribution in [0, 0.1) is 0 Å². The van der Waals surface area contributed by atoms with E-state index in [1.165, 1.54) is 12.8 Å². The van der Waals surface area contributed by atoms with E-state index in [0.717, 1.165) is 6.42 Å². The largest absolute Gasteiger partial charge is 0.444 e. The van der Waals surface area contributed by atoms with E-state index in [0.29, 0.717) is 5.25 Å². The maximum Gasteiger partial charge on any atom is 0.407 e. The summed E-state index contributed by atoms with van der Waals surface area (Å²) in [4.78, 5) is 11.5. The zero-order valence-electron chi connectivity index (χ0n) is 10.0. The highest BCUT2D eigenvalue weighted by Crippen LogP contribution is 2.28. The normalized spacial score (nSPS) is 26.4. The molecular formula is C11H21NO2S. The molecule has 3 nitrogen and oxygen atoms in total. The molecule has 1 N–H and O–H groups in total. The molecule has 2 unspecified atom stereocenters. The first-order chi connectivity index (χ1) is 6.92. The summed E-state index contributed by atoms with van der Waals surface area (Å²) < 4.78 is 5.23. The lowest BCUT2D eigenvalue weighted by atomic mass is 10.2. The number of nitrogens with one attached hydrogen (secondary N) is 1. The average molecular weight is 231 g/mol. The topological polar surface area (TPSA) is 38.3 Å². The van der Waals surface area contributed by atoms with Crippen molar-refractivity contribution in [2.24, 2.45) is 0 Å². The third-order valence-electron chi connectivity index (χ3n) is 2.46. The SMILES string of the molecule is CSC1CCCC1NC(=O)OC(C)(C)C. The van der Waals surface area contributed by atoms with E-state index in [2.05, 4.69) is 11.6 Å². The molecule has 2 atom stereocenters. The van der Waals surface area contributed by atoms with Crippen LogP contribution in [0.4, 0.5) is 4.79 Å². The highest BCUT2D eigenvalue weighted by Gasteiger charge is 2.29. The first kappa shape index (κ1) is 12.7. The van der Waals surface area contributed by atoms with E-state index in [9.17, 15) is 4.79 Å². The number of rotatable bonds is 2. The molecule has 4 heteroatoms. The number of carbonyl (C=O) groups excluding carboxylic acids is 1. The van der Waals surface area contributed by atoms with Crippen molar-refractivity contribution in [3.63, 3.8) is 0 Å². The molecule has 0 aromatic carbocycles. The van der Waals surface area contributed by atoms with Crippen LogP contribution in [0.1, 0.15) is 40.0 Å². The third kappa shape index (κ3) is 4.33. The minimum atomic E-state index is -0.405. The van der Waals surface area contributed by atoms with Crippen LogP contribution in [-0.4, -0.2) is 29.2 Å². The van der Waals surface area contributed by atoms with Gasteiger partial charge in [0.25, 0.3) is 0 Å². The van der Waals surface area contributed by atoms with Gasteiger partial charge in [0.1, 0.15) is 5.60 Å². The van der Waals surface area contributed by atoms with E-state index < -0.39 is 5.60 Å². The maximum atomic E-state index is 11.5. The van der Waals surface area contributed by atoms with Crippen LogP contribution in [0.15, 0.2) is 0 Å². The van der Waals surface area contributed by atoms with Crippen LogP contribution in [0.2, 0.25) is 0 Å². The molecule has 0 bridgehead atoms. The zero-order valence-corrected chi connectivity index (χ0v) is 10.8. The molecule has 0 aromatic heterocycles. The summed E-state index contributed by atoms with van der Waals surface area (Å²) in [5.74, 6) is 0. The Bertz CT molecular complexity index is 225. The van der Waals surface area contributed by atoms with Crippen molar-refractivity contribution in [1.29, 1.82) is 0 Å². The van der Waals surface area contributed by atoms with Gasteiger partial charge in [0.05, 0.1) is 0 Å². The van der Waals surface area contributed by atoms with Crippen molar-refractivity contribution < 1.29 is 9.53 Å². The lowest BCUT2D eigenvalue weighted by Crippen LogP contribution is -2.41.